The number of hydrogen-bond donors (Lipinski definition) is 0. The first kappa shape index (κ1) is 20.6. The average Bonchev–Trinajstić information content (AvgIpc) is 3.09. The number of benzene rings is 2. The van der Waals surface area contributed by atoms with Gasteiger partial charge in [-0.1, -0.05) is 23.7 Å². The zero-order chi connectivity index (χ0) is 21.3. The van der Waals surface area contributed by atoms with Crippen LogP contribution < -0.4 is 4.74 Å². The number of halogens is 1. The summed E-state index contributed by atoms with van der Waals surface area (Å²) in [6.07, 6.45) is 0. The van der Waals surface area contributed by atoms with Crippen LogP contribution in [0, 0.1) is 10.1 Å². The van der Waals surface area contributed by atoms with Gasteiger partial charge in [-0.2, -0.15) is 0 Å². The first-order valence-electron chi connectivity index (χ1n) is 9.47. The molecule has 0 aliphatic carbocycles. The molecule has 2 heterocycles. The first-order valence-corrected chi connectivity index (χ1v) is 10.7. The predicted molar refractivity (Wildman–Crippen MR) is 118 cm³/mol. The maximum Gasteiger partial charge on any atom is 0.270 e. The van der Waals surface area contributed by atoms with Crippen LogP contribution in [0.1, 0.15) is 15.2 Å². The Balaban J connectivity index is 1.44. The summed E-state index contributed by atoms with van der Waals surface area (Å²) >= 11 is 7.65. The molecule has 1 fully saturated rings. The Hall–Kier alpha value is -2.68. The van der Waals surface area contributed by atoms with E-state index in [4.69, 9.17) is 16.3 Å². The van der Waals surface area contributed by atoms with Gasteiger partial charge in [0.05, 0.1) is 17.1 Å². The largest absolute Gasteiger partial charge is 0.497 e. The monoisotopic (exact) mass is 445 g/mol. The maximum absolute atomic E-state index is 13.0. The van der Waals surface area contributed by atoms with Crippen molar-refractivity contribution in [3.8, 4) is 5.75 Å². The molecule has 0 radical (unpaired) electrons. The number of hydrogen-bond acceptors (Lipinski definition) is 6. The summed E-state index contributed by atoms with van der Waals surface area (Å²) in [4.78, 5) is 28.1. The van der Waals surface area contributed by atoms with E-state index < -0.39 is 4.92 Å². The molecular formula is C21H20ClN3O4S. The number of nitro benzene ring substituents is 1. The number of nitrogens with zero attached hydrogens (tertiary/aromatic N) is 3. The van der Waals surface area contributed by atoms with Gasteiger partial charge in [-0.25, -0.2) is 0 Å². The van der Waals surface area contributed by atoms with Crippen LogP contribution in [0.5, 0.6) is 5.75 Å². The third-order valence-electron chi connectivity index (χ3n) is 5.22. The second kappa shape index (κ2) is 8.59. The SMILES string of the molecule is COc1cccc(CN2CCN(C(=O)c3sc4cc([N+](=O)[O-])ccc4c3Cl)CC2)c1. The van der Waals surface area contributed by atoms with Gasteiger partial charge in [0.15, 0.2) is 0 Å². The van der Waals surface area contributed by atoms with Crippen LogP contribution in [0.2, 0.25) is 5.02 Å². The number of rotatable bonds is 5. The highest BCUT2D eigenvalue weighted by Gasteiger charge is 2.26. The summed E-state index contributed by atoms with van der Waals surface area (Å²) in [5, 5.41) is 12.0. The van der Waals surface area contributed by atoms with Gasteiger partial charge < -0.3 is 9.64 Å². The number of carbonyl (C=O) groups excluding carboxylic acids is 1. The molecule has 1 saturated heterocycles. The van der Waals surface area contributed by atoms with Crippen LogP contribution in [0.15, 0.2) is 42.5 Å². The van der Waals surface area contributed by atoms with Crippen molar-refractivity contribution in [2.24, 2.45) is 0 Å². The number of nitro groups is 1. The molecule has 4 rings (SSSR count). The summed E-state index contributed by atoms with van der Waals surface area (Å²) < 4.78 is 5.93. The van der Waals surface area contributed by atoms with E-state index >= 15 is 0 Å². The Labute approximate surface area is 182 Å². The Bertz CT molecular complexity index is 1110. The molecular weight excluding hydrogens is 426 g/mol. The molecule has 1 aliphatic heterocycles. The number of carbonyl (C=O) groups is 1. The Morgan fingerprint density at radius 3 is 2.67 bits per heavy atom. The van der Waals surface area contributed by atoms with Gasteiger partial charge in [-0.3, -0.25) is 19.8 Å². The van der Waals surface area contributed by atoms with Crippen LogP contribution in [0.4, 0.5) is 5.69 Å². The van der Waals surface area contributed by atoms with E-state index in [1.807, 2.05) is 18.2 Å². The van der Waals surface area contributed by atoms with E-state index in [-0.39, 0.29) is 11.6 Å². The molecule has 0 N–H and O–H groups in total. The van der Waals surface area contributed by atoms with Crippen LogP contribution in [0.3, 0.4) is 0 Å². The highest BCUT2D eigenvalue weighted by molar-refractivity contribution is 7.21. The first-order chi connectivity index (χ1) is 14.5. The fraction of sp³-hybridized carbons (Fsp3) is 0.286. The molecule has 30 heavy (non-hydrogen) atoms. The van der Waals surface area contributed by atoms with E-state index in [2.05, 4.69) is 11.0 Å². The molecule has 9 heteroatoms. The third kappa shape index (κ3) is 4.12. The van der Waals surface area contributed by atoms with Gasteiger partial charge in [0.2, 0.25) is 0 Å². The smallest absolute Gasteiger partial charge is 0.270 e. The lowest BCUT2D eigenvalue weighted by Gasteiger charge is -2.34. The van der Waals surface area contributed by atoms with Crippen molar-refractivity contribution in [2.45, 2.75) is 6.54 Å². The Kier molecular flexibility index (Phi) is 5.90. The lowest BCUT2D eigenvalue weighted by atomic mass is 10.2. The van der Waals surface area contributed by atoms with E-state index in [0.717, 1.165) is 25.4 Å². The normalized spacial score (nSPS) is 14.8. The lowest BCUT2D eigenvalue weighted by molar-refractivity contribution is -0.384. The summed E-state index contributed by atoms with van der Waals surface area (Å²) in [7, 11) is 1.65. The van der Waals surface area contributed by atoms with Gasteiger partial charge in [0, 0.05) is 54.9 Å². The van der Waals surface area contributed by atoms with E-state index in [9.17, 15) is 14.9 Å². The van der Waals surface area contributed by atoms with Crippen molar-refractivity contribution in [3.05, 3.63) is 68.0 Å². The highest BCUT2D eigenvalue weighted by Crippen LogP contribution is 2.38. The van der Waals surface area contributed by atoms with Crippen LogP contribution in [0.25, 0.3) is 10.1 Å². The molecule has 7 nitrogen and oxygen atoms in total. The number of fused-ring (bicyclic) bond motifs is 1. The number of ether oxygens (including phenoxy) is 1. The molecule has 156 valence electrons. The number of methoxy groups -OCH3 is 1. The van der Waals surface area contributed by atoms with Crippen LogP contribution in [-0.2, 0) is 6.54 Å². The zero-order valence-corrected chi connectivity index (χ0v) is 17.9. The fourth-order valence-corrected chi connectivity index (χ4v) is 5.10. The zero-order valence-electron chi connectivity index (χ0n) is 16.3. The third-order valence-corrected chi connectivity index (χ3v) is 6.86. The molecule has 0 atom stereocenters. The summed E-state index contributed by atoms with van der Waals surface area (Å²) in [5.74, 6) is 0.714. The van der Waals surface area contributed by atoms with Gasteiger partial charge in [-0.15, -0.1) is 11.3 Å². The minimum absolute atomic E-state index is 0.00873. The fourth-order valence-electron chi connectivity index (χ4n) is 3.59. The molecule has 3 aromatic rings. The number of thiophene rings is 1. The Morgan fingerprint density at radius 2 is 1.97 bits per heavy atom. The molecule has 1 aliphatic rings. The second-order valence-corrected chi connectivity index (χ2v) is 8.53. The molecule has 0 unspecified atom stereocenters. The quantitative estimate of drug-likeness (QED) is 0.429. The molecule has 0 spiro atoms. The summed E-state index contributed by atoms with van der Waals surface area (Å²) in [6.45, 7) is 3.53. The Morgan fingerprint density at radius 1 is 1.20 bits per heavy atom. The number of non-ortho nitro benzene ring substituents is 1. The van der Waals surface area contributed by atoms with E-state index in [1.54, 1.807) is 18.1 Å². The molecule has 0 saturated carbocycles. The number of piperazine rings is 1. The second-order valence-electron chi connectivity index (χ2n) is 7.10. The van der Waals surface area contributed by atoms with Gasteiger partial charge in [0.1, 0.15) is 10.6 Å². The van der Waals surface area contributed by atoms with E-state index in [1.165, 1.54) is 29.0 Å². The van der Waals surface area contributed by atoms with Crippen LogP contribution >= 0.6 is 22.9 Å². The predicted octanol–water partition coefficient (Wildman–Crippen LogP) is 4.43. The summed E-state index contributed by atoms with van der Waals surface area (Å²) in [6, 6.07) is 12.5. The average molecular weight is 446 g/mol. The van der Waals surface area contributed by atoms with Crippen molar-refractivity contribution in [3.63, 3.8) is 0 Å². The minimum Gasteiger partial charge on any atom is -0.497 e. The molecule has 1 amide bonds. The maximum atomic E-state index is 13.0. The molecule has 2 aromatic carbocycles. The van der Waals surface area contributed by atoms with Crippen molar-refractivity contribution in [1.82, 2.24) is 9.80 Å². The van der Waals surface area contributed by atoms with Crippen LogP contribution in [-0.4, -0.2) is 53.9 Å². The van der Waals surface area contributed by atoms with Gasteiger partial charge in [-0.05, 0) is 23.8 Å². The van der Waals surface area contributed by atoms with E-state index in [0.29, 0.717) is 33.1 Å². The van der Waals surface area contributed by atoms with Gasteiger partial charge in [0.25, 0.3) is 11.6 Å². The standard InChI is InChI=1S/C21H20ClN3O4S/c1-29-16-4-2-3-14(11-16)13-23-7-9-24(10-8-23)21(26)20-19(22)17-6-5-15(25(27)28)12-18(17)30-20/h2-6,11-12H,7-10,13H2,1H3. The van der Waals surface area contributed by atoms with Crippen molar-refractivity contribution in [2.75, 3.05) is 33.3 Å². The van der Waals surface area contributed by atoms with Crippen molar-refractivity contribution in [1.29, 1.82) is 0 Å². The molecule has 1 aromatic heterocycles. The lowest BCUT2D eigenvalue weighted by Crippen LogP contribution is -2.48. The summed E-state index contributed by atoms with van der Waals surface area (Å²) in [5.41, 5.74) is 1.16. The topological polar surface area (TPSA) is 75.9 Å². The highest BCUT2D eigenvalue weighted by atomic mass is 35.5. The van der Waals surface area contributed by atoms with Crippen molar-refractivity contribution >= 4 is 44.6 Å². The van der Waals surface area contributed by atoms with Gasteiger partial charge >= 0.3 is 0 Å². The van der Waals surface area contributed by atoms with Crippen molar-refractivity contribution < 1.29 is 14.5 Å². The molecule has 0 bridgehead atoms. The number of amides is 1. The minimum atomic E-state index is -0.448.